The Morgan fingerprint density at radius 3 is 2.33 bits per heavy atom. The number of hydrogen-bond acceptors (Lipinski definition) is 3. The van der Waals surface area contributed by atoms with E-state index in [0.29, 0.717) is 0 Å². The number of halogens is 3. The van der Waals surface area contributed by atoms with E-state index >= 15 is 0 Å². The van der Waals surface area contributed by atoms with Gasteiger partial charge in [-0.3, -0.25) is 0 Å². The molecule has 0 amide bonds. The van der Waals surface area contributed by atoms with Crippen molar-refractivity contribution in [3.63, 3.8) is 0 Å². The van der Waals surface area contributed by atoms with Crippen molar-refractivity contribution in [2.24, 2.45) is 0 Å². The minimum atomic E-state index is -2.95. The number of aliphatic hydroxyl groups excluding tert-OH is 2. The zero-order valence-corrected chi connectivity index (χ0v) is 7.57. The molecule has 0 heterocycles. The molecule has 0 saturated carbocycles. The standard InChI is InChI=1S/C6H13F2NO2.ClH/c1-9-4-6(7,8)2-5(11)3-10;/h5,9-11H,2-4H2,1H3;1H. The molecule has 0 aliphatic carbocycles. The van der Waals surface area contributed by atoms with E-state index in [-0.39, 0.29) is 12.4 Å². The first-order valence-corrected chi connectivity index (χ1v) is 3.33. The molecule has 0 aromatic carbocycles. The summed E-state index contributed by atoms with van der Waals surface area (Å²) in [5.41, 5.74) is 0. The molecule has 0 fully saturated rings. The van der Waals surface area contributed by atoms with E-state index in [1.807, 2.05) is 0 Å². The van der Waals surface area contributed by atoms with Crippen LogP contribution in [0.15, 0.2) is 0 Å². The fourth-order valence-corrected chi connectivity index (χ4v) is 0.740. The smallest absolute Gasteiger partial charge is 0.262 e. The first kappa shape index (κ1) is 14.5. The molecule has 0 aliphatic heterocycles. The van der Waals surface area contributed by atoms with Gasteiger partial charge >= 0.3 is 0 Å². The Morgan fingerprint density at radius 2 is 2.00 bits per heavy atom. The quantitative estimate of drug-likeness (QED) is 0.593. The fraction of sp³-hybridized carbons (Fsp3) is 1.00. The molecular formula is C6H14ClF2NO2. The molecule has 1 unspecified atom stereocenters. The summed E-state index contributed by atoms with van der Waals surface area (Å²) in [5, 5.41) is 19.2. The molecule has 1 atom stereocenters. The van der Waals surface area contributed by atoms with Gasteiger partial charge in [0.15, 0.2) is 0 Å². The summed E-state index contributed by atoms with van der Waals surface area (Å²) < 4.78 is 25.1. The number of hydrogen-bond donors (Lipinski definition) is 3. The normalized spacial score (nSPS) is 13.8. The van der Waals surface area contributed by atoms with Crippen LogP contribution in [-0.2, 0) is 0 Å². The van der Waals surface area contributed by atoms with Crippen molar-refractivity contribution in [2.45, 2.75) is 18.4 Å². The second-order valence-electron chi connectivity index (χ2n) is 2.43. The van der Waals surface area contributed by atoms with Gasteiger partial charge in [-0.2, -0.15) is 0 Å². The first-order valence-electron chi connectivity index (χ1n) is 3.33. The maximum Gasteiger partial charge on any atom is 0.262 e. The number of alkyl halides is 2. The summed E-state index contributed by atoms with van der Waals surface area (Å²) in [6, 6.07) is 0. The van der Waals surface area contributed by atoms with E-state index in [4.69, 9.17) is 10.2 Å². The molecule has 12 heavy (non-hydrogen) atoms. The van der Waals surface area contributed by atoms with Gasteiger partial charge in [-0.25, -0.2) is 8.78 Å². The van der Waals surface area contributed by atoms with E-state index in [0.717, 1.165) is 0 Å². The lowest BCUT2D eigenvalue weighted by molar-refractivity contribution is -0.0526. The van der Waals surface area contributed by atoms with Crippen LogP contribution in [0.5, 0.6) is 0 Å². The van der Waals surface area contributed by atoms with Gasteiger partial charge in [0, 0.05) is 6.42 Å². The highest BCUT2D eigenvalue weighted by Crippen LogP contribution is 2.18. The Morgan fingerprint density at radius 1 is 1.50 bits per heavy atom. The highest BCUT2D eigenvalue weighted by atomic mass is 35.5. The van der Waals surface area contributed by atoms with Crippen LogP contribution in [0.25, 0.3) is 0 Å². The third-order valence-electron chi connectivity index (χ3n) is 1.18. The molecule has 0 bridgehead atoms. The van der Waals surface area contributed by atoms with Crippen LogP contribution < -0.4 is 5.32 Å². The lowest BCUT2D eigenvalue weighted by atomic mass is 10.1. The van der Waals surface area contributed by atoms with E-state index in [1.165, 1.54) is 7.05 Å². The van der Waals surface area contributed by atoms with Crippen molar-refractivity contribution in [1.82, 2.24) is 5.32 Å². The molecule has 3 N–H and O–H groups in total. The van der Waals surface area contributed by atoms with Crippen LogP contribution in [-0.4, -0.2) is 42.4 Å². The second kappa shape index (κ2) is 6.54. The average Bonchev–Trinajstić information content (AvgIpc) is 1.86. The Balaban J connectivity index is 0. The van der Waals surface area contributed by atoms with Crippen LogP contribution in [0.1, 0.15) is 6.42 Å². The van der Waals surface area contributed by atoms with Crippen molar-refractivity contribution < 1.29 is 19.0 Å². The number of rotatable bonds is 5. The van der Waals surface area contributed by atoms with E-state index in [9.17, 15) is 8.78 Å². The maximum atomic E-state index is 12.5. The Labute approximate surface area is 76.2 Å². The monoisotopic (exact) mass is 205 g/mol. The van der Waals surface area contributed by atoms with Crippen molar-refractivity contribution >= 4 is 12.4 Å². The molecule has 3 nitrogen and oxygen atoms in total. The van der Waals surface area contributed by atoms with Crippen molar-refractivity contribution in [3.8, 4) is 0 Å². The van der Waals surface area contributed by atoms with Crippen LogP contribution in [0.4, 0.5) is 8.78 Å². The molecule has 0 aliphatic rings. The number of aliphatic hydroxyl groups is 2. The SMILES string of the molecule is CNCC(F)(F)CC(O)CO.Cl. The van der Waals surface area contributed by atoms with Crippen molar-refractivity contribution in [2.75, 3.05) is 20.2 Å². The topological polar surface area (TPSA) is 52.5 Å². The Kier molecular flexibility index (Phi) is 7.92. The van der Waals surface area contributed by atoms with Crippen LogP contribution in [0.3, 0.4) is 0 Å². The third kappa shape index (κ3) is 6.72. The molecule has 0 spiro atoms. The molecule has 76 valence electrons. The third-order valence-corrected chi connectivity index (χ3v) is 1.18. The number of nitrogens with one attached hydrogen (secondary N) is 1. The minimum absolute atomic E-state index is 0. The van der Waals surface area contributed by atoms with Gasteiger partial charge in [-0.05, 0) is 7.05 Å². The Hall–Kier alpha value is 0.0300. The largest absolute Gasteiger partial charge is 0.394 e. The van der Waals surface area contributed by atoms with E-state index in [1.54, 1.807) is 0 Å². The van der Waals surface area contributed by atoms with Gasteiger partial charge in [-0.15, -0.1) is 12.4 Å². The summed E-state index contributed by atoms with van der Waals surface area (Å²) in [6.45, 7) is -1.11. The fourth-order valence-electron chi connectivity index (χ4n) is 0.740. The van der Waals surface area contributed by atoms with Gasteiger partial charge in [-0.1, -0.05) is 0 Å². The molecule has 0 radical (unpaired) electrons. The zero-order valence-electron chi connectivity index (χ0n) is 6.76. The van der Waals surface area contributed by atoms with Gasteiger partial charge in [0.2, 0.25) is 0 Å². The van der Waals surface area contributed by atoms with Crippen molar-refractivity contribution in [3.05, 3.63) is 0 Å². The second-order valence-corrected chi connectivity index (χ2v) is 2.43. The highest BCUT2D eigenvalue weighted by Gasteiger charge is 2.30. The molecule has 0 aromatic rings. The first-order chi connectivity index (χ1) is 5.02. The van der Waals surface area contributed by atoms with Gasteiger partial charge in [0.1, 0.15) is 0 Å². The molecular weight excluding hydrogens is 192 g/mol. The molecule has 0 rings (SSSR count). The summed E-state index contributed by atoms with van der Waals surface area (Å²) in [7, 11) is 1.40. The summed E-state index contributed by atoms with van der Waals surface area (Å²) in [4.78, 5) is 0. The average molecular weight is 206 g/mol. The lowest BCUT2D eigenvalue weighted by Crippen LogP contribution is -2.35. The summed E-state index contributed by atoms with van der Waals surface area (Å²) >= 11 is 0. The zero-order chi connectivity index (χ0) is 8.91. The van der Waals surface area contributed by atoms with E-state index < -0.39 is 31.6 Å². The lowest BCUT2D eigenvalue weighted by Gasteiger charge is -2.17. The Bertz CT molecular complexity index is 116. The van der Waals surface area contributed by atoms with E-state index in [2.05, 4.69) is 5.32 Å². The van der Waals surface area contributed by atoms with Crippen LogP contribution in [0, 0.1) is 0 Å². The predicted octanol–water partition coefficient (Wildman–Crippen LogP) is 0.00620. The summed E-state index contributed by atoms with van der Waals surface area (Å²) in [6.07, 6.45) is -2.04. The predicted molar refractivity (Wildman–Crippen MR) is 43.8 cm³/mol. The minimum Gasteiger partial charge on any atom is -0.394 e. The summed E-state index contributed by atoms with van der Waals surface area (Å²) in [5.74, 6) is -2.95. The van der Waals surface area contributed by atoms with Crippen LogP contribution in [0.2, 0.25) is 0 Å². The highest BCUT2D eigenvalue weighted by molar-refractivity contribution is 5.85. The maximum absolute atomic E-state index is 12.5. The molecule has 0 aromatic heterocycles. The molecule has 0 saturated heterocycles. The van der Waals surface area contributed by atoms with Crippen molar-refractivity contribution in [1.29, 1.82) is 0 Å². The molecule has 6 heteroatoms. The van der Waals surface area contributed by atoms with Gasteiger partial charge in [0.05, 0.1) is 19.3 Å². The van der Waals surface area contributed by atoms with Gasteiger partial charge < -0.3 is 15.5 Å². The van der Waals surface area contributed by atoms with Crippen LogP contribution >= 0.6 is 12.4 Å². The van der Waals surface area contributed by atoms with Gasteiger partial charge in [0.25, 0.3) is 5.92 Å².